The van der Waals surface area contributed by atoms with Crippen LogP contribution >= 0.6 is 11.6 Å². The van der Waals surface area contributed by atoms with Gasteiger partial charge in [-0.1, -0.05) is 23.7 Å². The predicted molar refractivity (Wildman–Crippen MR) is 135 cm³/mol. The average Bonchev–Trinajstić information content (AvgIpc) is 2.80. The zero-order valence-electron chi connectivity index (χ0n) is 19.2. The number of hydrogen-bond donors (Lipinski definition) is 0. The fourth-order valence-electron chi connectivity index (χ4n) is 5.06. The van der Waals surface area contributed by atoms with Gasteiger partial charge in [-0.2, -0.15) is 0 Å². The fourth-order valence-corrected chi connectivity index (χ4v) is 5.29. The first-order valence-electron chi connectivity index (χ1n) is 11.5. The van der Waals surface area contributed by atoms with E-state index in [2.05, 4.69) is 65.9 Å². The lowest BCUT2D eigenvalue weighted by Gasteiger charge is -2.38. The molecule has 0 bridgehead atoms. The van der Waals surface area contributed by atoms with Crippen LogP contribution in [0.4, 0.5) is 11.5 Å². The first-order valence-corrected chi connectivity index (χ1v) is 11.9. The summed E-state index contributed by atoms with van der Waals surface area (Å²) >= 11 is 6.13. The van der Waals surface area contributed by atoms with Gasteiger partial charge in [-0.05, 0) is 85.5 Å². The Kier molecular flexibility index (Phi) is 5.83. The Morgan fingerprint density at radius 2 is 1.62 bits per heavy atom. The van der Waals surface area contributed by atoms with Crippen molar-refractivity contribution in [2.75, 3.05) is 49.6 Å². The molecule has 2 aromatic carbocycles. The molecule has 0 aliphatic carbocycles. The molecule has 0 amide bonds. The molecule has 0 N–H and O–H groups in total. The second kappa shape index (κ2) is 8.76. The lowest BCUT2D eigenvalue weighted by atomic mass is 9.92. The summed E-state index contributed by atoms with van der Waals surface area (Å²) in [6.07, 6.45) is 3.07. The van der Waals surface area contributed by atoms with Crippen molar-refractivity contribution in [3.05, 3.63) is 75.9 Å². The Morgan fingerprint density at radius 3 is 2.34 bits per heavy atom. The summed E-state index contributed by atoms with van der Waals surface area (Å²) in [5.74, 6) is 1.05. The number of pyridine rings is 1. The normalized spacial score (nSPS) is 16.9. The summed E-state index contributed by atoms with van der Waals surface area (Å²) in [7, 11) is 2.21. The largest absolute Gasteiger partial charge is 0.369 e. The van der Waals surface area contributed by atoms with E-state index in [0.717, 1.165) is 62.1 Å². The van der Waals surface area contributed by atoms with E-state index in [4.69, 9.17) is 16.6 Å². The average molecular weight is 447 g/mol. The minimum Gasteiger partial charge on any atom is -0.369 e. The molecule has 5 rings (SSSR count). The third-order valence-corrected chi connectivity index (χ3v) is 7.27. The maximum absolute atomic E-state index is 6.13. The van der Waals surface area contributed by atoms with Gasteiger partial charge in [0.2, 0.25) is 0 Å². The summed E-state index contributed by atoms with van der Waals surface area (Å²) in [6.45, 7) is 10.7. The molecular formula is C27H31ClN4. The SMILES string of the molecule is Cc1cc(Cl)ccc1-c1ccc(N2CCc3c(C)ccc(N4CCN(C)CC4)c3C2)nc1. The predicted octanol–water partition coefficient (Wildman–Crippen LogP) is 5.33. The molecule has 0 spiro atoms. The lowest BCUT2D eigenvalue weighted by Crippen LogP contribution is -2.45. The van der Waals surface area contributed by atoms with Crippen LogP contribution in [0.15, 0.2) is 48.7 Å². The van der Waals surface area contributed by atoms with E-state index >= 15 is 0 Å². The van der Waals surface area contributed by atoms with Crippen molar-refractivity contribution < 1.29 is 0 Å². The molecular weight excluding hydrogens is 416 g/mol. The number of anilines is 2. The molecule has 2 aliphatic rings. The smallest absolute Gasteiger partial charge is 0.128 e. The number of nitrogens with zero attached hydrogens (tertiary/aromatic N) is 4. The summed E-state index contributed by atoms with van der Waals surface area (Å²) in [4.78, 5) is 12.3. The van der Waals surface area contributed by atoms with E-state index in [1.165, 1.54) is 33.5 Å². The number of halogens is 1. The van der Waals surface area contributed by atoms with Crippen LogP contribution in [0, 0.1) is 13.8 Å². The third kappa shape index (κ3) is 4.10. The number of likely N-dealkylation sites (N-methyl/N-ethyl adjacent to an activating group) is 1. The van der Waals surface area contributed by atoms with E-state index in [0.29, 0.717) is 0 Å². The molecule has 1 saturated heterocycles. The Hall–Kier alpha value is -2.56. The number of aryl methyl sites for hydroxylation is 2. The van der Waals surface area contributed by atoms with Crippen molar-refractivity contribution in [3.63, 3.8) is 0 Å². The van der Waals surface area contributed by atoms with E-state index < -0.39 is 0 Å². The summed E-state index contributed by atoms with van der Waals surface area (Å²) in [6, 6.07) is 15.0. The molecule has 3 heterocycles. The first-order chi connectivity index (χ1) is 15.5. The van der Waals surface area contributed by atoms with Gasteiger partial charge in [-0.25, -0.2) is 4.98 Å². The van der Waals surface area contributed by atoms with Crippen molar-refractivity contribution in [2.45, 2.75) is 26.8 Å². The number of piperazine rings is 1. The molecule has 32 heavy (non-hydrogen) atoms. The topological polar surface area (TPSA) is 22.6 Å². The quantitative estimate of drug-likeness (QED) is 0.542. The van der Waals surface area contributed by atoms with Gasteiger partial charge in [0.05, 0.1) is 0 Å². The molecule has 3 aromatic rings. The van der Waals surface area contributed by atoms with Gasteiger partial charge in [0.15, 0.2) is 0 Å². The van der Waals surface area contributed by atoms with E-state index in [1.54, 1.807) is 0 Å². The minimum absolute atomic E-state index is 0.772. The van der Waals surface area contributed by atoms with Crippen molar-refractivity contribution in [1.82, 2.24) is 9.88 Å². The highest BCUT2D eigenvalue weighted by molar-refractivity contribution is 6.30. The monoisotopic (exact) mass is 446 g/mol. The van der Waals surface area contributed by atoms with Gasteiger partial charge in [-0.3, -0.25) is 0 Å². The Balaban J connectivity index is 1.41. The van der Waals surface area contributed by atoms with Crippen LogP contribution in [0.25, 0.3) is 11.1 Å². The highest BCUT2D eigenvalue weighted by atomic mass is 35.5. The van der Waals surface area contributed by atoms with Crippen molar-refractivity contribution in [3.8, 4) is 11.1 Å². The molecule has 1 aromatic heterocycles. The number of hydrogen-bond acceptors (Lipinski definition) is 4. The van der Waals surface area contributed by atoms with E-state index in [1.807, 2.05) is 18.3 Å². The lowest BCUT2D eigenvalue weighted by molar-refractivity contribution is 0.312. The van der Waals surface area contributed by atoms with Gasteiger partial charge in [0.25, 0.3) is 0 Å². The molecule has 166 valence electrons. The molecule has 2 aliphatic heterocycles. The van der Waals surface area contributed by atoms with Gasteiger partial charge < -0.3 is 14.7 Å². The standard InChI is InChI=1S/C27H31ClN4/c1-19-4-8-26(31-14-12-30(3)13-15-31)25-18-32(11-10-24(19)25)27-9-5-21(17-29-27)23-7-6-22(28)16-20(23)2/h4-9,16-17H,10-15,18H2,1-3H3. The van der Waals surface area contributed by atoms with Gasteiger partial charge in [0, 0.05) is 61.7 Å². The maximum Gasteiger partial charge on any atom is 0.128 e. The van der Waals surface area contributed by atoms with Crippen LogP contribution in [0.3, 0.4) is 0 Å². The van der Waals surface area contributed by atoms with Gasteiger partial charge in [0.1, 0.15) is 5.82 Å². The second-order valence-corrected chi connectivity index (χ2v) is 9.62. The first kappa shape index (κ1) is 21.3. The number of fused-ring (bicyclic) bond motifs is 1. The Morgan fingerprint density at radius 1 is 0.812 bits per heavy atom. The third-order valence-electron chi connectivity index (χ3n) is 7.04. The van der Waals surface area contributed by atoms with Crippen LogP contribution in [0.2, 0.25) is 5.02 Å². The Labute approximate surface area is 196 Å². The highest BCUT2D eigenvalue weighted by Crippen LogP contribution is 2.34. The van der Waals surface area contributed by atoms with Crippen molar-refractivity contribution >= 4 is 23.1 Å². The fraction of sp³-hybridized carbons (Fsp3) is 0.370. The molecule has 0 atom stereocenters. The summed E-state index contributed by atoms with van der Waals surface area (Å²) < 4.78 is 0. The zero-order valence-corrected chi connectivity index (χ0v) is 20.0. The number of aromatic nitrogens is 1. The van der Waals surface area contributed by atoms with Gasteiger partial charge in [-0.15, -0.1) is 0 Å². The van der Waals surface area contributed by atoms with Crippen molar-refractivity contribution in [2.24, 2.45) is 0 Å². The van der Waals surface area contributed by atoms with E-state index in [-0.39, 0.29) is 0 Å². The molecule has 0 saturated carbocycles. The van der Waals surface area contributed by atoms with Crippen LogP contribution < -0.4 is 9.80 Å². The van der Waals surface area contributed by atoms with Crippen molar-refractivity contribution in [1.29, 1.82) is 0 Å². The maximum atomic E-state index is 6.13. The van der Waals surface area contributed by atoms with E-state index in [9.17, 15) is 0 Å². The molecule has 1 fully saturated rings. The highest BCUT2D eigenvalue weighted by Gasteiger charge is 2.25. The summed E-state index contributed by atoms with van der Waals surface area (Å²) in [5, 5.41) is 0.772. The summed E-state index contributed by atoms with van der Waals surface area (Å²) in [5.41, 5.74) is 9.34. The van der Waals surface area contributed by atoms with Crippen LogP contribution in [0.1, 0.15) is 22.3 Å². The van der Waals surface area contributed by atoms with Crippen LogP contribution in [0.5, 0.6) is 0 Å². The molecule has 0 radical (unpaired) electrons. The van der Waals surface area contributed by atoms with Crippen LogP contribution in [-0.4, -0.2) is 49.7 Å². The minimum atomic E-state index is 0.772. The number of rotatable bonds is 3. The zero-order chi connectivity index (χ0) is 22.2. The molecule has 5 heteroatoms. The molecule has 4 nitrogen and oxygen atoms in total. The number of benzene rings is 2. The van der Waals surface area contributed by atoms with Crippen LogP contribution in [-0.2, 0) is 13.0 Å². The van der Waals surface area contributed by atoms with Gasteiger partial charge >= 0.3 is 0 Å². The Bertz CT molecular complexity index is 1120. The second-order valence-electron chi connectivity index (χ2n) is 9.18. The molecule has 0 unspecified atom stereocenters.